The summed E-state index contributed by atoms with van der Waals surface area (Å²) < 4.78 is 5.04. The molecule has 0 aromatic carbocycles. The third kappa shape index (κ3) is 9.25. The number of Topliss-reactive ketones (excluding diaryl/α,β-unsaturated/α-hetero) is 1. The number of hydrogen-bond acceptors (Lipinski definition) is 3. The molecule has 0 spiro atoms. The second kappa shape index (κ2) is 6.43. The van der Waals surface area contributed by atoms with Crippen molar-refractivity contribution in [2.24, 2.45) is 0 Å². The van der Waals surface area contributed by atoms with Crippen LogP contribution in [0.15, 0.2) is 0 Å². The van der Waals surface area contributed by atoms with Crippen molar-refractivity contribution in [2.75, 3.05) is 6.54 Å². The predicted molar refractivity (Wildman–Crippen MR) is 58.8 cm³/mol. The molecule has 0 atom stereocenters. The summed E-state index contributed by atoms with van der Waals surface area (Å²) in [4.78, 5) is 22.1. The maximum absolute atomic E-state index is 11.2. The number of ether oxygens (including phenoxy) is 1. The molecule has 0 heterocycles. The van der Waals surface area contributed by atoms with Crippen molar-refractivity contribution in [1.82, 2.24) is 5.32 Å². The molecule has 0 radical (unpaired) electrons. The zero-order valence-electron chi connectivity index (χ0n) is 10.1. The summed E-state index contributed by atoms with van der Waals surface area (Å²) >= 11 is 0. The van der Waals surface area contributed by atoms with Crippen LogP contribution in [0.4, 0.5) is 4.79 Å². The summed E-state index contributed by atoms with van der Waals surface area (Å²) in [6.45, 7) is 7.76. The molecule has 0 aliphatic carbocycles. The van der Waals surface area contributed by atoms with Crippen LogP contribution in [0.25, 0.3) is 0 Å². The number of rotatable bonds is 5. The molecule has 88 valence electrons. The van der Waals surface area contributed by atoms with Crippen LogP contribution in [0.3, 0.4) is 0 Å². The molecule has 0 aromatic heterocycles. The van der Waals surface area contributed by atoms with Crippen molar-refractivity contribution in [3.05, 3.63) is 0 Å². The highest BCUT2D eigenvalue weighted by atomic mass is 16.6. The lowest BCUT2D eigenvalue weighted by molar-refractivity contribution is -0.118. The van der Waals surface area contributed by atoms with Gasteiger partial charge in [-0.3, -0.25) is 4.79 Å². The fourth-order valence-electron chi connectivity index (χ4n) is 0.967. The first-order valence-electron chi connectivity index (χ1n) is 5.33. The minimum absolute atomic E-state index is 0.223. The standard InChI is InChI=1S/C11H21NO3/c1-5-9(13)7-6-8-12-10(14)15-11(2,3)4/h5-8H2,1-4H3,(H,12,14). The van der Waals surface area contributed by atoms with Crippen molar-refractivity contribution in [3.63, 3.8) is 0 Å². The Kier molecular flexibility index (Phi) is 5.97. The minimum Gasteiger partial charge on any atom is -0.444 e. The number of alkyl carbamates (subject to hydrolysis) is 1. The Hall–Kier alpha value is -1.06. The molecule has 1 amide bonds. The fourth-order valence-corrected chi connectivity index (χ4v) is 0.967. The maximum atomic E-state index is 11.2. The van der Waals surface area contributed by atoms with E-state index in [1.54, 1.807) is 0 Å². The summed E-state index contributed by atoms with van der Waals surface area (Å²) in [6.07, 6.45) is 1.33. The smallest absolute Gasteiger partial charge is 0.407 e. The lowest BCUT2D eigenvalue weighted by Crippen LogP contribution is -2.33. The number of amides is 1. The van der Waals surface area contributed by atoms with Crippen molar-refractivity contribution in [1.29, 1.82) is 0 Å². The van der Waals surface area contributed by atoms with Crippen molar-refractivity contribution in [2.45, 2.75) is 52.6 Å². The second-order valence-corrected chi connectivity index (χ2v) is 4.42. The monoisotopic (exact) mass is 215 g/mol. The van der Waals surface area contributed by atoms with E-state index < -0.39 is 11.7 Å². The van der Waals surface area contributed by atoms with Crippen molar-refractivity contribution >= 4 is 11.9 Å². The fraction of sp³-hybridized carbons (Fsp3) is 0.818. The van der Waals surface area contributed by atoms with Gasteiger partial charge in [0.1, 0.15) is 11.4 Å². The lowest BCUT2D eigenvalue weighted by atomic mass is 10.2. The van der Waals surface area contributed by atoms with Gasteiger partial charge in [-0.2, -0.15) is 0 Å². The van der Waals surface area contributed by atoms with E-state index in [2.05, 4.69) is 5.32 Å². The van der Waals surface area contributed by atoms with Crippen LogP contribution in [0.1, 0.15) is 47.0 Å². The summed E-state index contributed by atoms with van der Waals surface area (Å²) in [5.41, 5.74) is -0.469. The van der Waals surface area contributed by atoms with Gasteiger partial charge in [-0.15, -0.1) is 0 Å². The van der Waals surface area contributed by atoms with E-state index in [1.165, 1.54) is 0 Å². The average Bonchev–Trinajstić information content (AvgIpc) is 2.09. The first-order valence-corrected chi connectivity index (χ1v) is 5.33. The van der Waals surface area contributed by atoms with Crippen LogP contribution in [0.2, 0.25) is 0 Å². The highest BCUT2D eigenvalue weighted by molar-refractivity contribution is 5.78. The van der Waals surface area contributed by atoms with E-state index in [-0.39, 0.29) is 5.78 Å². The molecule has 0 aromatic rings. The molecule has 0 fully saturated rings. The Morgan fingerprint density at radius 2 is 1.87 bits per heavy atom. The number of ketones is 1. The van der Waals surface area contributed by atoms with E-state index in [1.807, 2.05) is 27.7 Å². The van der Waals surface area contributed by atoms with Crippen LogP contribution in [0.5, 0.6) is 0 Å². The van der Waals surface area contributed by atoms with E-state index >= 15 is 0 Å². The van der Waals surface area contributed by atoms with E-state index in [0.717, 1.165) is 0 Å². The molecule has 0 aliphatic heterocycles. The molecular formula is C11H21NO3. The zero-order chi connectivity index (χ0) is 11.9. The summed E-state index contributed by atoms with van der Waals surface area (Å²) in [5.74, 6) is 0.223. The SMILES string of the molecule is CCC(=O)CCCNC(=O)OC(C)(C)C. The van der Waals surface area contributed by atoms with Crippen molar-refractivity contribution in [3.8, 4) is 0 Å². The Bertz CT molecular complexity index is 218. The van der Waals surface area contributed by atoms with Crippen molar-refractivity contribution < 1.29 is 14.3 Å². The number of hydrogen-bond donors (Lipinski definition) is 1. The number of carbonyl (C=O) groups is 2. The van der Waals surface area contributed by atoms with E-state index in [0.29, 0.717) is 25.8 Å². The summed E-state index contributed by atoms with van der Waals surface area (Å²) in [5, 5.41) is 2.61. The summed E-state index contributed by atoms with van der Waals surface area (Å²) in [7, 11) is 0. The molecule has 0 rings (SSSR count). The Morgan fingerprint density at radius 1 is 1.27 bits per heavy atom. The molecule has 15 heavy (non-hydrogen) atoms. The van der Waals surface area contributed by atoms with Gasteiger partial charge in [0.05, 0.1) is 0 Å². The molecule has 0 saturated carbocycles. The third-order valence-electron chi connectivity index (χ3n) is 1.69. The molecule has 0 bridgehead atoms. The van der Waals surface area contributed by atoms with Gasteiger partial charge in [-0.05, 0) is 27.2 Å². The van der Waals surface area contributed by atoms with Crippen LogP contribution >= 0.6 is 0 Å². The molecule has 4 nitrogen and oxygen atoms in total. The van der Waals surface area contributed by atoms with Gasteiger partial charge in [-0.1, -0.05) is 6.92 Å². The minimum atomic E-state index is -0.469. The van der Waals surface area contributed by atoms with Gasteiger partial charge < -0.3 is 10.1 Å². The Morgan fingerprint density at radius 3 is 2.33 bits per heavy atom. The van der Waals surface area contributed by atoms with Gasteiger partial charge in [0.25, 0.3) is 0 Å². The third-order valence-corrected chi connectivity index (χ3v) is 1.69. The van der Waals surface area contributed by atoms with Crippen LogP contribution in [0, 0.1) is 0 Å². The number of nitrogens with one attached hydrogen (secondary N) is 1. The van der Waals surface area contributed by atoms with Crippen LogP contribution < -0.4 is 5.32 Å². The Labute approximate surface area is 91.4 Å². The van der Waals surface area contributed by atoms with E-state index in [9.17, 15) is 9.59 Å². The van der Waals surface area contributed by atoms with Crippen LogP contribution in [-0.4, -0.2) is 24.0 Å². The highest BCUT2D eigenvalue weighted by Gasteiger charge is 2.15. The normalized spacial score (nSPS) is 10.9. The zero-order valence-corrected chi connectivity index (χ0v) is 10.1. The van der Waals surface area contributed by atoms with Gasteiger partial charge >= 0.3 is 6.09 Å². The maximum Gasteiger partial charge on any atom is 0.407 e. The van der Waals surface area contributed by atoms with Crippen LogP contribution in [-0.2, 0) is 9.53 Å². The molecule has 4 heteroatoms. The molecule has 0 unspecified atom stereocenters. The lowest BCUT2D eigenvalue weighted by Gasteiger charge is -2.19. The largest absolute Gasteiger partial charge is 0.444 e. The molecular weight excluding hydrogens is 194 g/mol. The highest BCUT2D eigenvalue weighted by Crippen LogP contribution is 2.06. The number of carbonyl (C=O) groups excluding carboxylic acids is 2. The van der Waals surface area contributed by atoms with Gasteiger partial charge in [0.15, 0.2) is 0 Å². The van der Waals surface area contributed by atoms with Gasteiger partial charge in [0, 0.05) is 19.4 Å². The first kappa shape index (κ1) is 13.9. The first-order chi connectivity index (χ1) is 6.85. The topological polar surface area (TPSA) is 55.4 Å². The molecule has 1 N–H and O–H groups in total. The molecule has 0 saturated heterocycles. The van der Waals surface area contributed by atoms with Gasteiger partial charge in [0.2, 0.25) is 0 Å². The molecule has 0 aliphatic rings. The van der Waals surface area contributed by atoms with Gasteiger partial charge in [-0.25, -0.2) is 4.79 Å². The quantitative estimate of drug-likeness (QED) is 0.716. The predicted octanol–water partition coefficient (Wildman–Crippen LogP) is 2.27. The second-order valence-electron chi connectivity index (χ2n) is 4.42. The van der Waals surface area contributed by atoms with E-state index in [4.69, 9.17) is 4.74 Å². The summed E-state index contributed by atoms with van der Waals surface area (Å²) in [6, 6.07) is 0. The average molecular weight is 215 g/mol. The Balaban J connectivity index is 3.52.